The van der Waals surface area contributed by atoms with Gasteiger partial charge in [-0.25, -0.2) is 0 Å². The number of amidine groups is 1. The van der Waals surface area contributed by atoms with E-state index in [0.29, 0.717) is 46.7 Å². The third-order valence-electron chi connectivity index (χ3n) is 7.15. The number of likely N-dealkylation sites (tertiary alicyclic amines) is 1. The average molecular weight is 504 g/mol. The molecule has 0 bridgehead atoms. The quantitative estimate of drug-likeness (QED) is 0.162. The monoisotopic (exact) mass is 503 g/mol. The van der Waals surface area contributed by atoms with Crippen molar-refractivity contribution in [3.8, 4) is 0 Å². The van der Waals surface area contributed by atoms with Crippen molar-refractivity contribution in [2.24, 2.45) is 16.1 Å². The first kappa shape index (κ1) is 27.4. The van der Waals surface area contributed by atoms with Gasteiger partial charge in [0, 0.05) is 43.3 Å². The zero-order chi connectivity index (χ0) is 26.7. The van der Waals surface area contributed by atoms with Crippen LogP contribution in [-0.2, 0) is 4.79 Å². The van der Waals surface area contributed by atoms with Crippen molar-refractivity contribution in [2.75, 3.05) is 19.6 Å². The minimum atomic E-state index is -4.58. The summed E-state index contributed by atoms with van der Waals surface area (Å²) in [5.74, 6) is 0.793. The van der Waals surface area contributed by atoms with Crippen LogP contribution < -0.4 is 11.1 Å². The van der Waals surface area contributed by atoms with Crippen LogP contribution in [0.5, 0.6) is 0 Å². The van der Waals surface area contributed by atoms with Gasteiger partial charge in [-0.2, -0.15) is 13.2 Å². The van der Waals surface area contributed by atoms with Crippen LogP contribution in [0.25, 0.3) is 0 Å². The van der Waals surface area contributed by atoms with Crippen LogP contribution in [0.15, 0.2) is 76.5 Å². The standard InChI is InChI=1S/C27H36F3N5O/c1-6-21(17-36)25(32-7-2)33-19(4)23-15-22(27(28,29)30)16-35(20(23)5)18(3)14-24(31)34-12-10-26(8-9-26)11-13-34/h6,14-17,19H,3,5,7-13,31H2,1-2,4H3,(H,32,33)/b21-6-,24-14+. The average Bonchev–Trinajstić information content (AvgIpc) is 3.58. The molecule has 196 valence electrons. The molecule has 2 aliphatic heterocycles. The van der Waals surface area contributed by atoms with Gasteiger partial charge < -0.3 is 20.9 Å². The Morgan fingerprint density at radius 2 is 1.94 bits per heavy atom. The van der Waals surface area contributed by atoms with Gasteiger partial charge in [0.05, 0.1) is 17.2 Å². The molecule has 1 saturated carbocycles. The highest BCUT2D eigenvalue weighted by molar-refractivity contribution is 6.13. The molecule has 2 fully saturated rings. The van der Waals surface area contributed by atoms with Gasteiger partial charge in [0.1, 0.15) is 11.7 Å². The molecule has 2 heterocycles. The van der Waals surface area contributed by atoms with E-state index >= 15 is 0 Å². The lowest BCUT2D eigenvalue weighted by molar-refractivity contribution is -0.104. The maximum atomic E-state index is 13.8. The number of nitrogens with one attached hydrogen (secondary N) is 1. The predicted molar refractivity (Wildman–Crippen MR) is 137 cm³/mol. The molecule has 0 aromatic rings. The van der Waals surface area contributed by atoms with Gasteiger partial charge in [-0.3, -0.25) is 9.79 Å². The Kier molecular flexibility index (Phi) is 8.21. The Balaban J connectivity index is 1.84. The van der Waals surface area contributed by atoms with Crippen LogP contribution in [0.1, 0.15) is 46.5 Å². The molecule has 0 aromatic heterocycles. The number of halogens is 3. The summed E-state index contributed by atoms with van der Waals surface area (Å²) in [5.41, 5.74) is 7.22. The summed E-state index contributed by atoms with van der Waals surface area (Å²) < 4.78 is 41.5. The molecule has 0 radical (unpaired) electrons. The van der Waals surface area contributed by atoms with Crippen molar-refractivity contribution >= 4 is 12.1 Å². The summed E-state index contributed by atoms with van der Waals surface area (Å²) in [5, 5.41) is 3.08. The topological polar surface area (TPSA) is 74.0 Å². The van der Waals surface area contributed by atoms with E-state index in [4.69, 9.17) is 5.73 Å². The van der Waals surface area contributed by atoms with E-state index in [2.05, 4.69) is 28.4 Å². The zero-order valence-corrected chi connectivity index (χ0v) is 21.3. The number of hydrogen-bond acceptors (Lipinski definition) is 5. The third kappa shape index (κ3) is 6.12. The molecule has 3 rings (SSSR count). The molecule has 3 aliphatic rings. The molecule has 3 N–H and O–H groups in total. The van der Waals surface area contributed by atoms with E-state index < -0.39 is 17.8 Å². The summed E-state index contributed by atoms with van der Waals surface area (Å²) in [4.78, 5) is 19.1. The molecular formula is C27H36F3N5O. The second-order valence-corrected chi connectivity index (χ2v) is 9.60. The molecule has 1 aliphatic carbocycles. The lowest BCUT2D eigenvalue weighted by atomic mass is 9.94. The van der Waals surface area contributed by atoms with E-state index in [9.17, 15) is 18.0 Å². The first-order valence-electron chi connectivity index (χ1n) is 12.3. The molecule has 0 aromatic carbocycles. The van der Waals surface area contributed by atoms with Crippen LogP contribution in [0.2, 0.25) is 0 Å². The Morgan fingerprint density at radius 3 is 2.44 bits per heavy atom. The Morgan fingerprint density at radius 1 is 1.31 bits per heavy atom. The maximum Gasteiger partial charge on any atom is 0.417 e. The van der Waals surface area contributed by atoms with Gasteiger partial charge in [0.15, 0.2) is 6.29 Å². The van der Waals surface area contributed by atoms with Crippen molar-refractivity contribution < 1.29 is 18.0 Å². The molecular weight excluding hydrogens is 467 g/mol. The molecule has 0 amide bonds. The van der Waals surface area contributed by atoms with E-state index in [1.165, 1.54) is 17.7 Å². The molecule has 1 unspecified atom stereocenters. The van der Waals surface area contributed by atoms with Gasteiger partial charge in [0.25, 0.3) is 0 Å². The summed E-state index contributed by atoms with van der Waals surface area (Å²) in [6, 6.07) is -0.628. The lowest BCUT2D eigenvalue weighted by Gasteiger charge is -2.35. The number of rotatable bonds is 8. The van der Waals surface area contributed by atoms with Gasteiger partial charge in [-0.1, -0.05) is 19.2 Å². The third-order valence-corrected chi connectivity index (χ3v) is 7.15. The van der Waals surface area contributed by atoms with Crippen LogP contribution in [0.4, 0.5) is 13.2 Å². The highest BCUT2D eigenvalue weighted by atomic mass is 19.4. The molecule has 1 saturated heterocycles. The zero-order valence-electron chi connectivity index (χ0n) is 21.3. The van der Waals surface area contributed by atoms with Gasteiger partial charge >= 0.3 is 6.18 Å². The van der Waals surface area contributed by atoms with Crippen molar-refractivity contribution in [1.29, 1.82) is 0 Å². The smallest absolute Gasteiger partial charge is 0.385 e. The Bertz CT molecular complexity index is 1050. The largest absolute Gasteiger partial charge is 0.417 e. The van der Waals surface area contributed by atoms with Crippen molar-refractivity contribution in [3.63, 3.8) is 0 Å². The number of nitrogens with zero attached hydrogens (tertiary/aromatic N) is 3. The number of carbonyl (C=O) groups is 1. The molecule has 9 heteroatoms. The van der Waals surface area contributed by atoms with Crippen molar-refractivity contribution in [2.45, 2.75) is 58.7 Å². The predicted octanol–water partition coefficient (Wildman–Crippen LogP) is 4.92. The van der Waals surface area contributed by atoms with Gasteiger partial charge in [0.2, 0.25) is 0 Å². The van der Waals surface area contributed by atoms with E-state index in [-0.39, 0.29) is 5.70 Å². The van der Waals surface area contributed by atoms with E-state index in [1.807, 2.05) is 6.92 Å². The highest BCUT2D eigenvalue weighted by Crippen LogP contribution is 2.53. The molecule has 6 nitrogen and oxygen atoms in total. The van der Waals surface area contributed by atoms with Crippen LogP contribution in [0, 0.1) is 5.41 Å². The number of aldehydes is 1. The lowest BCUT2D eigenvalue weighted by Crippen LogP contribution is -2.39. The van der Waals surface area contributed by atoms with Crippen LogP contribution in [-0.4, -0.2) is 53.8 Å². The number of hydrogen-bond donors (Lipinski definition) is 2. The maximum absolute atomic E-state index is 13.8. The molecule has 1 spiro atoms. The number of aliphatic imine (C=N–C) groups is 1. The Labute approximate surface area is 211 Å². The number of allylic oxidation sites excluding steroid dienone is 4. The summed E-state index contributed by atoms with van der Waals surface area (Å²) in [6.07, 6.45) is 6.03. The normalized spacial score (nSPS) is 21.7. The SMILES string of the molecule is C=C(/C=C(\N)N1CCC2(CC1)CC2)N1C=C(C(F)(F)F)C=C(C(C)NC(=NCC)/C(C=O)=C\C)C1=C. The van der Waals surface area contributed by atoms with Crippen molar-refractivity contribution in [1.82, 2.24) is 15.1 Å². The first-order chi connectivity index (χ1) is 16.9. The fourth-order valence-electron chi connectivity index (χ4n) is 4.60. The minimum Gasteiger partial charge on any atom is -0.385 e. The first-order valence-corrected chi connectivity index (χ1v) is 12.3. The van der Waals surface area contributed by atoms with Gasteiger partial charge in [-0.15, -0.1) is 0 Å². The number of piperidine rings is 1. The summed E-state index contributed by atoms with van der Waals surface area (Å²) >= 11 is 0. The number of carbonyl (C=O) groups excluding carboxylic acids is 1. The molecule has 1 atom stereocenters. The minimum absolute atomic E-state index is 0.285. The second-order valence-electron chi connectivity index (χ2n) is 9.60. The van der Waals surface area contributed by atoms with Gasteiger partial charge in [-0.05, 0) is 63.5 Å². The van der Waals surface area contributed by atoms with E-state index in [1.54, 1.807) is 26.0 Å². The van der Waals surface area contributed by atoms with Crippen LogP contribution >= 0.6 is 0 Å². The summed E-state index contributed by atoms with van der Waals surface area (Å²) in [6.45, 7) is 15.3. The number of alkyl halides is 3. The highest BCUT2D eigenvalue weighted by Gasteiger charge is 2.44. The fourth-order valence-corrected chi connectivity index (χ4v) is 4.60. The van der Waals surface area contributed by atoms with Crippen LogP contribution in [0.3, 0.4) is 0 Å². The van der Waals surface area contributed by atoms with E-state index in [0.717, 1.165) is 38.2 Å². The number of nitrogens with two attached hydrogens (primary N) is 1. The molecule has 36 heavy (non-hydrogen) atoms. The van der Waals surface area contributed by atoms with Crippen molar-refractivity contribution in [3.05, 3.63) is 71.5 Å². The summed E-state index contributed by atoms with van der Waals surface area (Å²) in [7, 11) is 0. The second kappa shape index (κ2) is 10.8. The Hall–Kier alpha value is -3.23. The fraction of sp³-hybridized carbons (Fsp3) is 0.481.